The molecule has 80 valence electrons. The Morgan fingerprint density at radius 3 is 3.07 bits per heavy atom. The molecule has 1 saturated heterocycles. The molecule has 0 aromatic rings. The van der Waals surface area contributed by atoms with Gasteiger partial charge in [0.1, 0.15) is 6.10 Å². The molecule has 0 aromatic carbocycles. The van der Waals surface area contributed by atoms with Gasteiger partial charge in [-0.3, -0.25) is 4.79 Å². The molecule has 3 nitrogen and oxygen atoms in total. The summed E-state index contributed by atoms with van der Waals surface area (Å²) in [6.07, 6.45) is 7.22. The molecule has 1 unspecified atom stereocenters. The third kappa shape index (κ3) is 5.22. The van der Waals surface area contributed by atoms with Crippen LogP contribution in [-0.4, -0.2) is 25.3 Å². The topological polar surface area (TPSA) is 35.5 Å². The summed E-state index contributed by atoms with van der Waals surface area (Å²) in [5.41, 5.74) is 0. The summed E-state index contributed by atoms with van der Waals surface area (Å²) in [6.45, 7) is 4.59. The predicted molar refractivity (Wildman–Crippen MR) is 53.4 cm³/mol. The lowest BCUT2D eigenvalue weighted by atomic mass is 10.1. The highest BCUT2D eigenvalue weighted by Crippen LogP contribution is 2.13. The van der Waals surface area contributed by atoms with Crippen molar-refractivity contribution in [2.75, 3.05) is 13.2 Å². The maximum atomic E-state index is 10.7. The van der Waals surface area contributed by atoms with E-state index in [0.29, 0.717) is 13.2 Å². The van der Waals surface area contributed by atoms with E-state index in [1.54, 1.807) is 0 Å². The minimum atomic E-state index is -0.432. The molecule has 0 aromatic heterocycles. The zero-order valence-electron chi connectivity index (χ0n) is 8.54. The van der Waals surface area contributed by atoms with Crippen LogP contribution < -0.4 is 0 Å². The van der Waals surface area contributed by atoms with Crippen LogP contribution in [0.1, 0.15) is 32.1 Å². The van der Waals surface area contributed by atoms with Gasteiger partial charge in [0, 0.05) is 13.0 Å². The van der Waals surface area contributed by atoms with E-state index in [2.05, 4.69) is 13.3 Å². The molecule has 0 N–H and O–H groups in total. The first-order valence-electron chi connectivity index (χ1n) is 5.21. The molecule has 0 spiro atoms. The van der Waals surface area contributed by atoms with Gasteiger partial charge in [-0.2, -0.15) is 0 Å². The van der Waals surface area contributed by atoms with Crippen molar-refractivity contribution < 1.29 is 14.3 Å². The maximum absolute atomic E-state index is 10.7. The van der Waals surface area contributed by atoms with Crippen molar-refractivity contribution >= 4 is 5.97 Å². The van der Waals surface area contributed by atoms with Crippen molar-refractivity contribution in [1.29, 1.82) is 0 Å². The Bertz CT molecular complexity index is 158. The second-order valence-electron chi connectivity index (χ2n) is 3.55. The Morgan fingerprint density at radius 1 is 1.43 bits per heavy atom. The fourth-order valence-corrected chi connectivity index (χ4v) is 1.57. The molecule has 3 heteroatoms. The van der Waals surface area contributed by atoms with Gasteiger partial charge in [0.15, 0.2) is 0 Å². The van der Waals surface area contributed by atoms with Crippen LogP contribution in [0.2, 0.25) is 0 Å². The van der Waals surface area contributed by atoms with Gasteiger partial charge in [0.2, 0.25) is 0 Å². The van der Waals surface area contributed by atoms with E-state index in [0.717, 1.165) is 32.1 Å². The van der Waals surface area contributed by atoms with Gasteiger partial charge in [-0.05, 0) is 25.7 Å². The second kappa shape index (κ2) is 6.82. The molecule has 1 aliphatic heterocycles. The number of carbonyl (C=O) groups excluding carboxylic acids is 1. The highest BCUT2D eigenvalue weighted by Gasteiger charge is 2.12. The molecule has 1 aliphatic rings. The van der Waals surface area contributed by atoms with E-state index in [1.165, 1.54) is 0 Å². The van der Waals surface area contributed by atoms with Gasteiger partial charge in [-0.15, -0.1) is 0 Å². The van der Waals surface area contributed by atoms with Crippen molar-refractivity contribution in [2.45, 2.75) is 38.2 Å². The monoisotopic (exact) mass is 198 g/mol. The lowest BCUT2D eigenvalue weighted by Gasteiger charge is -2.18. The molecule has 0 saturated carbocycles. The van der Waals surface area contributed by atoms with Crippen molar-refractivity contribution in [3.63, 3.8) is 0 Å². The van der Waals surface area contributed by atoms with Crippen LogP contribution in [0.3, 0.4) is 0 Å². The molecule has 1 fully saturated rings. The summed E-state index contributed by atoms with van der Waals surface area (Å²) >= 11 is 0. The normalized spacial score (nSPS) is 25.4. The number of carbonyl (C=O) groups is 1. The highest BCUT2D eigenvalue weighted by atomic mass is 16.5. The first-order valence-corrected chi connectivity index (χ1v) is 5.21. The highest BCUT2D eigenvalue weighted by molar-refractivity contribution is 5.73. The van der Waals surface area contributed by atoms with E-state index < -0.39 is 5.97 Å². The molecule has 0 bridgehead atoms. The Morgan fingerprint density at radius 2 is 2.29 bits per heavy atom. The van der Waals surface area contributed by atoms with Crippen molar-refractivity contribution in [3.05, 3.63) is 13.3 Å². The van der Waals surface area contributed by atoms with Gasteiger partial charge in [0.05, 0.1) is 13.5 Å². The quantitative estimate of drug-likeness (QED) is 0.604. The number of hydrogen-bond donors (Lipinski definition) is 0. The molecule has 1 atom stereocenters. The van der Waals surface area contributed by atoms with Crippen LogP contribution in [0, 0.1) is 13.3 Å². The van der Waals surface area contributed by atoms with Crippen molar-refractivity contribution in [2.24, 2.45) is 0 Å². The minimum absolute atomic E-state index is 0.00176. The standard InChI is InChI=1S/C11H18O3/c1-10(12)14-11-6-4-2-3-5-8-13-9-7-11/h5,11H,1-4,6-9H2. The molecule has 2 radical (unpaired) electrons. The lowest BCUT2D eigenvalue weighted by molar-refractivity contribution is -0.144. The third-order valence-corrected chi connectivity index (χ3v) is 2.30. The first kappa shape index (κ1) is 11.5. The number of ether oxygens (including phenoxy) is 2. The SMILES string of the molecule is [CH2]C(=O)OC1CCCC[CH]COCC1. The predicted octanol–water partition coefficient (Wildman–Crippen LogP) is 1.92. The first-order chi connectivity index (χ1) is 6.79. The Hall–Kier alpha value is -0.570. The molecular weight excluding hydrogens is 180 g/mol. The van der Waals surface area contributed by atoms with E-state index in [9.17, 15) is 4.79 Å². The lowest BCUT2D eigenvalue weighted by Crippen LogP contribution is -2.19. The number of esters is 1. The summed E-state index contributed by atoms with van der Waals surface area (Å²) in [4.78, 5) is 10.7. The molecule has 1 rings (SSSR count). The Kier molecular flexibility index (Phi) is 5.60. The summed E-state index contributed by atoms with van der Waals surface area (Å²) in [7, 11) is 0. The zero-order valence-corrected chi connectivity index (χ0v) is 8.54. The average Bonchev–Trinajstić information content (AvgIpc) is 2.15. The van der Waals surface area contributed by atoms with Crippen molar-refractivity contribution in [3.8, 4) is 0 Å². The van der Waals surface area contributed by atoms with Crippen LogP contribution in [-0.2, 0) is 14.3 Å². The van der Waals surface area contributed by atoms with Crippen LogP contribution in [0.15, 0.2) is 0 Å². The molecule has 0 aliphatic carbocycles. The van der Waals surface area contributed by atoms with Crippen LogP contribution in [0.25, 0.3) is 0 Å². The Balaban J connectivity index is 2.26. The molecule has 0 amide bonds. The van der Waals surface area contributed by atoms with E-state index in [4.69, 9.17) is 9.47 Å². The fourth-order valence-electron chi connectivity index (χ4n) is 1.57. The maximum Gasteiger partial charge on any atom is 0.306 e. The van der Waals surface area contributed by atoms with Gasteiger partial charge >= 0.3 is 5.97 Å². The zero-order chi connectivity index (χ0) is 10.2. The van der Waals surface area contributed by atoms with Gasteiger partial charge in [-0.1, -0.05) is 6.42 Å². The van der Waals surface area contributed by atoms with E-state index >= 15 is 0 Å². The fraction of sp³-hybridized carbons (Fsp3) is 0.727. The van der Waals surface area contributed by atoms with Crippen molar-refractivity contribution in [1.82, 2.24) is 0 Å². The summed E-state index contributed by atoms with van der Waals surface area (Å²) < 4.78 is 10.4. The smallest absolute Gasteiger partial charge is 0.306 e. The molecular formula is C11H18O3. The minimum Gasteiger partial charge on any atom is -0.462 e. The van der Waals surface area contributed by atoms with Crippen LogP contribution in [0.5, 0.6) is 0 Å². The van der Waals surface area contributed by atoms with Gasteiger partial charge in [-0.25, -0.2) is 0 Å². The molecule has 14 heavy (non-hydrogen) atoms. The second-order valence-corrected chi connectivity index (χ2v) is 3.55. The van der Waals surface area contributed by atoms with Crippen LogP contribution >= 0.6 is 0 Å². The van der Waals surface area contributed by atoms with Gasteiger partial charge in [0.25, 0.3) is 0 Å². The van der Waals surface area contributed by atoms with E-state index in [1.807, 2.05) is 0 Å². The average molecular weight is 198 g/mol. The van der Waals surface area contributed by atoms with Gasteiger partial charge < -0.3 is 9.47 Å². The summed E-state index contributed by atoms with van der Waals surface area (Å²) in [5.74, 6) is -0.432. The summed E-state index contributed by atoms with van der Waals surface area (Å²) in [5, 5.41) is 0. The van der Waals surface area contributed by atoms with Crippen LogP contribution in [0.4, 0.5) is 0 Å². The third-order valence-electron chi connectivity index (χ3n) is 2.30. The number of rotatable bonds is 1. The Labute approximate surface area is 85.8 Å². The largest absolute Gasteiger partial charge is 0.462 e. The molecule has 1 heterocycles. The summed E-state index contributed by atoms with van der Waals surface area (Å²) in [6, 6.07) is 0. The van der Waals surface area contributed by atoms with E-state index in [-0.39, 0.29) is 6.10 Å². The number of hydrogen-bond acceptors (Lipinski definition) is 3.